The molecule has 0 fully saturated rings. The number of carbonyl (C=O) groups is 4. The fourth-order valence-electron chi connectivity index (χ4n) is 10.5. The Morgan fingerprint density at radius 1 is 0.315 bits per heavy atom. The van der Waals surface area contributed by atoms with Gasteiger partial charge in [-0.2, -0.15) is 0 Å². The van der Waals surface area contributed by atoms with Crippen molar-refractivity contribution in [3.8, 4) is 0 Å². The number of phosphoric ester groups is 2. The fourth-order valence-corrected chi connectivity index (χ4v) is 12.0. The average Bonchev–Trinajstić information content (AvgIpc) is 3.67. The molecule has 17 nitrogen and oxygen atoms in total. The van der Waals surface area contributed by atoms with Crippen LogP contribution in [-0.2, 0) is 65.4 Å². The highest BCUT2D eigenvalue weighted by Crippen LogP contribution is 2.45. The Labute approximate surface area is 543 Å². The van der Waals surface area contributed by atoms with Crippen molar-refractivity contribution in [1.82, 2.24) is 0 Å². The van der Waals surface area contributed by atoms with E-state index in [1.54, 1.807) is 0 Å². The quantitative estimate of drug-likeness (QED) is 0.0222. The number of phosphoric acid groups is 2. The minimum absolute atomic E-state index is 0.104. The molecule has 3 N–H and O–H groups in total. The summed E-state index contributed by atoms with van der Waals surface area (Å²) in [5, 5.41) is 10.6. The number of aliphatic hydroxyl groups excluding tert-OH is 1. The molecule has 0 aromatic heterocycles. The number of rotatable bonds is 67. The van der Waals surface area contributed by atoms with E-state index >= 15 is 0 Å². The van der Waals surface area contributed by atoms with Gasteiger partial charge in [0.2, 0.25) is 0 Å². The van der Waals surface area contributed by atoms with Gasteiger partial charge < -0.3 is 33.8 Å². The number of hydrogen-bond acceptors (Lipinski definition) is 15. The van der Waals surface area contributed by atoms with Gasteiger partial charge in [0, 0.05) is 25.7 Å². The summed E-state index contributed by atoms with van der Waals surface area (Å²) in [6.45, 7) is 14.0. The zero-order valence-electron chi connectivity index (χ0n) is 58.1. The summed E-state index contributed by atoms with van der Waals surface area (Å²) in [5.74, 6) is 0.816. The molecule has 0 aliphatic heterocycles. The Morgan fingerprint density at radius 2 is 0.539 bits per heavy atom. The van der Waals surface area contributed by atoms with Crippen LogP contribution in [0.4, 0.5) is 0 Å². The number of esters is 4. The molecule has 0 bridgehead atoms. The lowest BCUT2D eigenvalue weighted by Gasteiger charge is -2.21. The van der Waals surface area contributed by atoms with Gasteiger partial charge >= 0.3 is 39.5 Å². The predicted octanol–water partition coefficient (Wildman–Crippen LogP) is 19.7. The van der Waals surface area contributed by atoms with E-state index in [9.17, 15) is 43.2 Å². The molecule has 0 saturated carbocycles. The number of carbonyl (C=O) groups excluding carboxylic acids is 4. The van der Waals surface area contributed by atoms with Crippen molar-refractivity contribution >= 4 is 39.5 Å². The Bertz CT molecular complexity index is 1770. The van der Waals surface area contributed by atoms with Crippen LogP contribution < -0.4 is 0 Å². The zero-order valence-corrected chi connectivity index (χ0v) is 59.8. The molecule has 0 spiro atoms. The maximum Gasteiger partial charge on any atom is 0.472 e. The van der Waals surface area contributed by atoms with Crippen LogP contribution in [0.5, 0.6) is 0 Å². The Hall–Kier alpha value is -1.94. The van der Waals surface area contributed by atoms with E-state index in [1.807, 2.05) is 0 Å². The maximum atomic E-state index is 13.0. The summed E-state index contributed by atoms with van der Waals surface area (Å²) in [5.41, 5.74) is 0. The Balaban J connectivity index is 5.21. The summed E-state index contributed by atoms with van der Waals surface area (Å²) in [4.78, 5) is 72.5. The molecule has 0 aliphatic rings. The SMILES string of the molecule is CCC(C)CCCCCCCCC(=O)OC[C@H](COP(=O)(O)OC[C@H](O)COP(=O)(O)OC[C@@H](COC(=O)CCCCCCCCC(C)C)OC(=O)CCCCCCCCCCCCCCCCCC(C)C)OC(=O)CCCCCCCCCCCC(C)C. The van der Waals surface area contributed by atoms with Gasteiger partial charge in [-0.3, -0.25) is 37.3 Å². The summed E-state index contributed by atoms with van der Waals surface area (Å²) in [7, 11) is -9.90. The zero-order chi connectivity index (χ0) is 66.1. The van der Waals surface area contributed by atoms with Crippen LogP contribution in [0.3, 0.4) is 0 Å². The highest BCUT2D eigenvalue weighted by Gasteiger charge is 2.30. The van der Waals surface area contributed by atoms with Crippen molar-refractivity contribution in [1.29, 1.82) is 0 Å². The standard InChI is InChI=1S/C70H136O17P2/c1-9-63(8)49-41-33-27-29-35-43-51-68(73)81-57-66(87-70(75)53-45-37-25-21-17-19-23-31-39-47-61(4)5)59-85-89(78,79)83-55-64(71)54-82-88(76,77)84-58-65(56-80-67(72)50-42-34-28-26-32-40-48-62(6)7)86-69(74)52-44-36-24-20-16-14-12-10-11-13-15-18-22-30-38-46-60(2)3/h60-66,71H,9-59H2,1-8H3,(H,76,77)(H,78,79)/t63?,64-,65-,66-/m1/s1. The number of ether oxygens (including phenoxy) is 4. The van der Waals surface area contributed by atoms with Crippen LogP contribution in [0.1, 0.15) is 344 Å². The number of unbranched alkanes of at least 4 members (excludes halogenated alkanes) is 32. The van der Waals surface area contributed by atoms with E-state index in [-0.39, 0.29) is 25.7 Å². The molecule has 0 heterocycles. The largest absolute Gasteiger partial charge is 0.472 e. The van der Waals surface area contributed by atoms with Crippen LogP contribution in [-0.4, -0.2) is 96.7 Å². The molecule has 0 rings (SSSR count). The normalized spacial score (nSPS) is 14.6. The molecule has 528 valence electrons. The molecule has 0 aromatic rings. The molecule has 0 amide bonds. The van der Waals surface area contributed by atoms with Gasteiger partial charge in [0.25, 0.3) is 0 Å². The molecule has 19 heteroatoms. The highest BCUT2D eigenvalue weighted by atomic mass is 31.2. The van der Waals surface area contributed by atoms with Gasteiger partial charge in [0.1, 0.15) is 19.3 Å². The lowest BCUT2D eigenvalue weighted by atomic mass is 10.00. The summed E-state index contributed by atoms with van der Waals surface area (Å²) in [6.07, 6.45) is 41.9. The molecule has 0 saturated heterocycles. The molecular formula is C70H136O17P2. The van der Waals surface area contributed by atoms with E-state index in [1.165, 1.54) is 135 Å². The van der Waals surface area contributed by atoms with E-state index in [2.05, 4.69) is 55.4 Å². The lowest BCUT2D eigenvalue weighted by Crippen LogP contribution is -2.30. The van der Waals surface area contributed by atoms with Crippen LogP contribution in [0.15, 0.2) is 0 Å². The topological polar surface area (TPSA) is 237 Å². The molecule has 0 radical (unpaired) electrons. The lowest BCUT2D eigenvalue weighted by molar-refractivity contribution is -0.161. The van der Waals surface area contributed by atoms with Crippen molar-refractivity contribution in [2.45, 2.75) is 363 Å². The van der Waals surface area contributed by atoms with E-state index in [0.29, 0.717) is 31.6 Å². The predicted molar refractivity (Wildman–Crippen MR) is 358 cm³/mol. The first-order chi connectivity index (χ1) is 42.6. The molecule has 0 aliphatic carbocycles. The van der Waals surface area contributed by atoms with Gasteiger partial charge in [-0.25, -0.2) is 9.13 Å². The Morgan fingerprint density at radius 3 is 0.798 bits per heavy atom. The van der Waals surface area contributed by atoms with Crippen molar-refractivity contribution < 1.29 is 80.2 Å². The van der Waals surface area contributed by atoms with E-state index in [4.69, 9.17) is 37.0 Å². The Kier molecular flexibility index (Phi) is 58.5. The summed E-state index contributed by atoms with van der Waals surface area (Å²) in [6, 6.07) is 0. The van der Waals surface area contributed by atoms with Crippen molar-refractivity contribution in [3.05, 3.63) is 0 Å². The smallest absolute Gasteiger partial charge is 0.462 e. The molecule has 6 atom stereocenters. The molecule has 3 unspecified atom stereocenters. The van der Waals surface area contributed by atoms with Gasteiger partial charge in [0.05, 0.1) is 26.4 Å². The van der Waals surface area contributed by atoms with Gasteiger partial charge in [0.15, 0.2) is 12.2 Å². The third-order valence-electron chi connectivity index (χ3n) is 16.4. The fraction of sp³-hybridized carbons (Fsp3) is 0.943. The second kappa shape index (κ2) is 59.8. The number of hydrogen-bond donors (Lipinski definition) is 3. The van der Waals surface area contributed by atoms with Gasteiger partial charge in [-0.15, -0.1) is 0 Å². The highest BCUT2D eigenvalue weighted by molar-refractivity contribution is 7.47. The second-order valence-corrected chi connectivity index (χ2v) is 29.8. The minimum atomic E-state index is -4.95. The maximum absolute atomic E-state index is 13.0. The van der Waals surface area contributed by atoms with Crippen LogP contribution in [0.25, 0.3) is 0 Å². The second-order valence-electron chi connectivity index (χ2n) is 26.9. The first kappa shape index (κ1) is 87.1. The third-order valence-corrected chi connectivity index (χ3v) is 18.3. The van der Waals surface area contributed by atoms with Crippen LogP contribution >= 0.6 is 15.6 Å². The number of aliphatic hydroxyl groups is 1. The molecular weight excluding hydrogens is 1170 g/mol. The van der Waals surface area contributed by atoms with E-state index < -0.39 is 97.5 Å². The first-order valence-corrected chi connectivity index (χ1v) is 39.2. The first-order valence-electron chi connectivity index (χ1n) is 36.2. The van der Waals surface area contributed by atoms with E-state index in [0.717, 1.165) is 120 Å². The van der Waals surface area contributed by atoms with Gasteiger partial charge in [-0.1, -0.05) is 293 Å². The average molecular weight is 1310 g/mol. The van der Waals surface area contributed by atoms with Crippen molar-refractivity contribution in [2.24, 2.45) is 23.7 Å². The third kappa shape index (κ3) is 63.2. The van der Waals surface area contributed by atoms with Gasteiger partial charge in [-0.05, 0) is 49.4 Å². The van der Waals surface area contributed by atoms with Crippen LogP contribution in [0.2, 0.25) is 0 Å². The molecule has 0 aromatic carbocycles. The van der Waals surface area contributed by atoms with Crippen molar-refractivity contribution in [2.75, 3.05) is 39.6 Å². The van der Waals surface area contributed by atoms with Crippen molar-refractivity contribution in [3.63, 3.8) is 0 Å². The minimum Gasteiger partial charge on any atom is -0.462 e. The summed E-state index contributed by atoms with van der Waals surface area (Å²) < 4.78 is 68.2. The summed E-state index contributed by atoms with van der Waals surface area (Å²) >= 11 is 0. The molecule has 89 heavy (non-hydrogen) atoms. The van der Waals surface area contributed by atoms with Crippen LogP contribution in [0, 0.1) is 23.7 Å². The monoisotopic (exact) mass is 1310 g/mol.